The number of hydrogen-bond donors (Lipinski definition) is 0. The lowest BCUT2D eigenvalue weighted by Gasteiger charge is -2.18. The van der Waals surface area contributed by atoms with Crippen molar-refractivity contribution in [2.24, 2.45) is 0 Å². The molecule has 0 aromatic heterocycles. The topological polar surface area (TPSA) is 3.24 Å². The van der Waals surface area contributed by atoms with E-state index in [9.17, 15) is 30.7 Å². The van der Waals surface area contributed by atoms with Gasteiger partial charge in [-0.15, -0.1) is 0 Å². The Bertz CT molecular complexity index is 842. The molecule has 2 rings (SSSR count). The van der Waals surface area contributed by atoms with Gasteiger partial charge in [-0.05, 0) is 49.3 Å². The number of nitrogens with zero attached hydrogens (tertiary/aromatic N) is 1. The molecule has 0 bridgehead atoms. The smallest absolute Gasteiger partial charge is 0.252 e. The van der Waals surface area contributed by atoms with E-state index in [0.717, 1.165) is 24.3 Å². The first-order valence-electron chi connectivity index (χ1n) is 7.03. The Morgan fingerprint density at radius 2 is 1.38 bits per heavy atom. The van der Waals surface area contributed by atoms with Gasteiger partial charge < -0.3 is 0 Å². The van der Waals surface area contributed by atoms with Gasteiger partial charge in [0.05, 0.1) is 10.5 Å². The second kappa shape index (κ2) is 7.32. The first kappa shape index (κ1) is 20.3. The average Bonchev–Trinajstić information content (AvgIpc) is 2.56. The predicted molar refractivity (Wildman–Crippen MR) is 85.4 cm³/mol. The average molecular weight is 395 g/mol. The second-order valence-corrected chi connectivity index (χ2v) is 6.74. The Morgan fingerprint density at radius 1 is 0.885 bits per heavy atom. The van der Waals surface area contributed by atoms with Crippen LogP contribution in [0.3, 0.4) is 0 Å². The zero-order valence-electron chi connectivity index (χ0n) is 13.5. The van der Waals surface area contributed by atoms with Crippen molar-refractivity contribution in [2.45, 2.75) is 11.1 Å². The van der Waals surface area contributed by atoms with Crippen LogP contribution in [0.4, 0.5) is 30.7 Å². The Kier molecular flexibility index (Phi) is 5.72. The molecule has 0 heterocycles. The van der Waals surface area contributed by atoms with Gasteiger partial charge in [-0.3, -0.25) is 4.31 Å². The molecule has 2 aromatic carbocycles. The van der Waals surface area contributed by atoms with E-state index in [0.29, 0.717) is 11.9 Å². The van der Waals surface area contributed by atoms with Gasteiger partial charge >= 0.3 is 6.18 Å². The molecule has 9 heteroatoms. The van der Waals surface area contributed by atoms with E-state index in [1.807, 2.05) is 0 Å². The molecular formula is C17H12F7NS. The van der Waals surface area contributed by atoms with Gasteiger partial charge in [0, 0.05) is 5.56 Å². The largest absolute Gasteiger partial charge is 0.416 e. The minimum Gasteiger partial charge on any atom is -0.252 e. The van der Waals surface area contributed by atoms with Gasteiger partial charge in [-0.2, -0.15) is 13.2 Å². The maximum atomic E-state index is 14.3. The van der Waals surface area contributed by atoms with Crippen LogP contribution < -0.4 is 0 Å². The second-order valence-electron chi connectivity index (χ2n) is 5.42. The summed E-state index contributed by atoms with van der Waals surface area (Å²) in [7, 11) is 2.93. The van der Waals surface area contributed by atoms with E-state index in [1.54, 1.807) is 0 Å². The van der Waals surface area contributed by atoms with Crippen LogP contribution in [0.25, 0.3) is 5.57 Å². The highest BCUT2D eigenvalue weighted by molar-refractivity contribution is 7.97. The van der Waals surface area contributed by atoms with Crippen molar-refractivity contribution in [3.63, 3.8) is 0 Å². The number of hydrogen-bond acceptors (Lipinski definition) is 2. The van der Waals surface area contributed by atoms with Crippen molar-refractivity contribution in [3.8, 4) is 0 Å². The molecule has 1 nitrogen and oxygen atoms in total. The van der Waals surface area contributed by atoms with E-state index < -0.39 is 45.5 Å². The van der Waals surface area contributed by atoms with Crippen molar-refractivity contribution in [1.29, 1.82) is 0 Å². The molecule has 0 aliphatic rings. The highest BCUT2D eigenvalue weighted by atomic mass is 32.2. The number of benzene rings is 2. The molecule has 26 heavy (non-hydrogen) atoms. The van der Waals surface area contributed by atoms with Crippen molar-refractivity contribution >= 4 is 17.5 Å². The maximum absolute atomic E-state index is 14.3. The van der Waals surface area contributed by atoms with Gasteiger partial charge in [0.25, 0.3) is 0 Å². The van der Waals surface area contributed by atoms with Crippen LogP contribution in [0.2, 0.25) is 0 Å². The summed E-state index contributed by atoms with van der Waals surface area (Å²) in [4.78, 5) is -0.559. The van der Waals surface area contributed by atoms with Crippen LogP contribution in [-0.4, -0.2) is 18.4 Å². The summed E-state index contributed by atoms with van der Waals surface area (Å²) in [5, 5.41) is 0. The fourth-order valence-corrected chi connectivity index (χ4v) is 2.99. The Labute approximate surface area is 149 Å². The molecule has 0 fully saturated rings. The van der Waals surface area contributed by atoms with Crippen LogP contribution in [0.15, 0.2) is 35.7 Å². The molecule has 0 aliphatic carbocycles. The number of halogens is 7. The van der Waals surface area contributed by atoms with Gasteiger partial charge in [0.2, 0.25) is 0 Å². The molecule has 0 saturated carbocycles. The van der Waals surface area contributed by atoms with Crippen LogP contribution in [0, 0.1) is 23.3 Å². The summed E-state index contributed by atoms with van der Waals surface area (Å²) in [6.07, 6.45) is -4.58. The fourth-order valence-electron chi connectivity index (χ4n) is 2.15. The maximum Gasteiger partial charge on any atom is 0.416 e. The molecule has 0 spiro atoms. The number of alkyl halides is 3. The first-order valence-corrected chi connectivity index (χ1v) is 7.80. The summed E-state index contributed by atoms with van der Waals surface area (Å²) in [6.45, 7) is 3.52. The standard InChI is InChI=1S/C17H12F7NS/c1-8(9-4-6-10(7-5-9)17(22,23)24)11-12(18)13(19)14(20)15(21)16(11)26-25(2)3/h4-7H,1H2,2-3H3. The molecule has 0 atom stereocenters. The molecule has 0 aliphatic heterocycles. The lowest BCUT2D eigenvalue weighted by Crippen LogP contribution is -2.09. The van der Waals surface area contributed by atoms with Gasteiger partial charge in [0.1, 0.15) is 0 Å². The van der Waals surface area contributed by atoms with E-state index in [4.69, 9.17) is 0 Å². The summed E-state index contributed by atoms with van der Waals surface area (Å²) < 4.78 is 94.9. The highest BCUT2D eigenvalue weighted by Crippen LogP contribution is 2.39. The summed E-state index contributed by atoms with van der Waals surface area (Å²) >= 11 is 0.590. The van der Waals surface area contributed by atoms with Crippen molar-refractivity contribution in [3.05, 3.63) is 70.8 Å². The molecule has 140 valence electrons. The Hall–Kier alpha value is -2.00. The van der Waals surface area contributed by atoms with Gasteiger partial charge in [-0.25, -0.2) is 17.6 Å². The van der Waals surface area contributed by atoms with Gasteiger partial charge in [0.15, 0.2) is 23.3 Å². The van der Waals surface area contributed by atoms with E-state index in [1.165, 1.54) is 18.4 Å². The molecular weight excluding hydrogens is 383 g/mol. The van der Waals surface area contributed by atoms with E-state index in [2.05, 4.69) is 6.58 Å². The predicted octanol–water partition coefficient (Wildman–Crippen LogP) is 5.89. The fraction of sp³-hybridized carbons (Fsp3) is 0.176. The molecule has 0 N–H and O–H groups in total. The van der Waals surface area contributed by atoms with Crippen molar-refractivity contribution < 1.29 is 30.7 Å². The third-order valence-electron chi connectivity index (χ3n) is 3.36. The quantitative estimate of drug-likeness (QED) is 0.275. The van der Waals surface area contributed by atoms with Crippen LogP contribution in [0.5, 0.6) is 0 Å². The van der Waals surface area contributed by atoms with Crippen LogP contribution in [0.1, 0.15) is 16.7 Å². The molecule has 0 saturated heterocycles. The van der Waals surface area contributed by atoms with E-state index >= 15 is 0 Å². The lowest BCUT2D eigenvalue weighted by atomic mass is 9.97. The Balaban J connectivity index is 2.61. The normalized spacial score (nSPS) is 11.9. The SMILES string of the molecule is C=C(c1ccc(C(F)(F)F)cc1)c1c(F)c(F)c(F)c(F)c1SN(C)C. The zero-order valence-corrected chi connectivity index (χ0v) is 14.3. The molecule has 2 aromatic rings. The highest BCUT2D eigenvalue weighted by Gasteiger charge is 2.31. The summed E-state index contributed by atoms with van der Waals surface area (Å²) in [5.74, 6) is -7.27. The van der Waals surface area contributed by atoms with Crippen molar-refractivity contribution in [2.75, 3.05) is 14.1 Å². The molecule has 0 unspecified atom stereocenters. The first-order chi connectivity index (χ1) is 11.9. The third kappa shape index (κ3) is 3.88. The summed E-state index contributed by atoms with van der Waals surface area (Å²) in [6, 6.07) is 3.45. The minimum atomic E-state index is -4.58. The summed E-state index contributed by atoms with van der Waals surface area (Å²) in [5.41, 5.74) is -1.88. The third-order valence-corrected chi connectivity index (χ3v) is 4.29. The number of rotatable bonds is 4. The van der Waals surface area contributed by atoms with Crippen molar-refractivity contribution in [1.82, 2.24) is 4.31 Å². The van der Waals surface area contributed by atoms with Crippen LogP contribution in [-0.2, 0) is 6.18 Å². The molecule has 0 amide bonds. The van der Waals surface area contributed by atoms with Gasteiger partial charge in [-0.1, -0.05) is 18.7 Å². The monoisotopic (exact) mass is 395 g/mol. The van der Waals surface area contributed by atoms with Crippen LogP contribution >= 0.6 is 11.9 Å². The minimum absolute atomic E-state index is 0.00270. The zero-order chi connectivity index (χ0) is 19.8. The lowest BCUT2D eigenvalue weighted by molar-refractivity contribution is -0.137. The molecule has 0 radical (unpaired) electrons. The Morgan fingerprint density at radius 3 is 1.85 bits per heavy atom. The van der Waals surface area contributed by atoms with E-state index in [-0.39, 0.29) is 11.1 Å².